The van der Waals surface area contributed by atoms with Gasteiger partial charge in [-0.25, -0.2) is 4.98 Å². The summed E-state index contributed by atoms with van der Waals surface area (Å²) in [7, 11) is 0. The van der Waals surface area contributed by atoms with Crippen LogP contribution in [-0.4, -0.2) is 24.0 Å². The minimum Gasteiger partial charge on any atom is -0.489 e. The molecule has 0 bridgehead atoms. The lowest BCUT2D eigenvalue weighted by Gasteiger charge is -2.16. The Morgan fingerprint density at radius 1 is 1.00 bits per heavy atom. The second-order valence-electron chi connectivity index (χ2n) is 7.27. The molecule has 30 heavy (non-hydrogen) atoms. The molecule has 152 valence electrons. The number of anilines is 2. The number of nitrogens with zero attached hydrogens (tertiary/aromatic N) is 2. The molecule has 3 aromatic rings. The largest absolute Gasteiger partial charge is 0.489 e. The molecular weight excluding hydrogens is 374 g/mol. The number of nitrogens with one attached hydrogen (secondary N) is 1. The van der Waals surface area contributed by atoms with Crippen LogP contribution < -0.4 is 15.0 Å². The maximum absolute atomic E-state index is 12.2. The number of ether oxygens (including phenoxy) is 1. The zero-order valence-corrected chi connectivity index (χ0v) is 16.8. The van der Waals surface area contributed by atoms with Crippen molar-refractivity contribution in [1.82, 2.24) is 4.98 Å². The van der Waals surface area contributed by atoms with E-state index in [9.17, 15) is 4.79 Å². The van der Waals surface area contributed by atoms with Gasteiger partial charge < -0.3 is 15.0 Å². The van der Waals surface area contributed by atoms with Crippen molar-refractivity contribution >= 4 is 23.5 Å². The van der Waals surface area contributed by atoms with E-state index in [4.69, 9.17) is 4.74 Å². The second-order valence-corrected chi connectivity index (χ2v) is 7.27. The minimum absolute atomic E-state index is 0.185. The van der Waals surface area contributed by atoms with Gasteiger partial charge >= 0.3 is 0 Å². The molecule has 1 aliphatic heterocycles. The van der Waals surface area contributed by atoms with E-state index < -0.39 is 0 Å². The molecule has 2 heterocycles. The molecule has 1 aliphatic rings. The van der Waals surface area contributed by atoms with Crippen LogP contribution in [0.15, 0.2) is 79.0 Å². The second kappa shape index (κ2) is 9.74. The van der Waals surface area contributed by atoms with Gasteiger partial charge in [0.1, 0.15) is 18.2 Å². The standard InChI is InChI=1S/C25H25N3O2/c29-25(27-22-11-14-24(26-18-22)28-16-4-5-17-28)15-10-20-8-12-23(13-9-20)30-19-21-6-2-1-3-7-21/h1-3,6-15,18H,4-5,16-17,19H2,(H,27,29)/b15-10+. The number of hydrogen-bond donors (Lipinski definition) is 1. The van der Waals surface area contributed by atoms with E-state index in [1.165, 1.54) is 18.9 Å². The third kappa shape index (κ3) is 5.47. The average molecular weight is 399 g/mol. The summed E-state index contributed by atoms with van der Waals surface area (Å²) in [4.78, 5) is 18.9. The van der Waals surface area contributed by atoms with Crippen LogP contribution in [-0.2, 0) is 11.4 Å². The van der Waals surface area contributed by atoms with Crippen molar-refractivity contribution < 1.29 is 9.53 Å². The Morgan fingerprint density at radius 3 is 2.47 bits per heavy atom. The van der Waals surface area contributed by atoms with Crippen LogP contribution in [0.4, 0.5) is 11.5 Å². The van der Waals surface area contributed by atoms with Gasteiger partial charge in [0.25, 0.3) is 0 Å². The van der Waals surface area contributed by atoms with E-state index >= 15 is 0 Å². The van der Waals surface area contributed by atoms with Crippen molar-refractivity contribution in [3.8, 4) is 5.75 Å². The maximum atomic E-state index is 12.2. The van der Waals surface area contributed by atoms with Gasteiger partial charge in [0.2, 0.25) is 5.91 Å². The molecule has 0 aliphatic carbocycles. The van der Waals surface area contributed by atoms with Crippen LogP contribution in [0.5, 0.6) is 5.75 Å². The predicted molar refractivity (Wildman–Crippen MR) is 121 cm³/mol. The van der Waals surface area contributed by atoms with Gasteiger partial charge in [-0.15, -0.1) is 0 Å². The molecule has 0 saturated carbocycles. The fraction of sp³-hybridized carbons (Fsp3) is 0.200. The molecular formula is C25H25N3O2. The Labute approximate surface area is 177 Å². The normalized spacial score (nSPS) is 13.5. The minimum atomic E-state index is -0.185. The molecule has 2 aromatic carbocycles. The summed E-state index contributed by atoms with van der Waals surface area (Å²) in [5.41, 5.74) is 2.75. The fourth-order valence-electron chi connectivity index (χ4n) is 3.37. The van der Waals surface area contributed by atoms with E-state index in [1.54, 1.807) is 12.3 Å². The van der Waals surface area contributed by atoms with E-state index in [-0.39, 0.29) is 5.91 Å². The predicted octanol–water partition coefficient (Wildman–Crippen LogP) is 4.91. The summed E-state index contributed by atoms with van der Waals surface area (Å²) in [6.45, 7) is 2.64. The van der Waals surface area contributed by atoms with Crippen LogP contribution in [0.1, 0.15) is 24.0 Å². The van der Waals surface area contributed by atoms with Gasteiger partial charge in [-0.3, -0.25) is 4.79 Å². The number of carbonyl (C=O) groups is 1. The lowest BCUT2D eigenvalue weighted by molar-refractivity contribution is -0.111. The first kappa shape index (κ1) is 19.7. The lowest BCUT2D eigenvalue weighted by Crippen LogP contribution is -2.18. The van der Waals surface area contributed by atoms with Crippen molar-refractivity contribution in [2.75, 3.05) is 23.3 Å². The van der Waals surface area contributed by atoms with Crippen molar-refractivity contribution in [3.63, 3.8) is 0 Å². The Morgan fingerprint density at radius 2 is 1.77 bits per heavy atom. The van der Waals surface area contributed by atoms with Gasteiger partial charge in [0.05, 0.1) is 11.9 Å². The van der Waals surface area contributed by atoms with E-state index in [1.807, 2.05) is 66.7 Å². The van der Waals surface area contributed by atoms with Gasteiger partial charge in [-0.05, 0) is 54.3 Å². The summed E-state index contributed by atoms with van der Waals surface area (Å²) >= 11 is 0. The van der Waals surface area contributed by atoms with Crippen LogP contribution in [0.25, 0.3) is 6.08 Å². The van der Waals surface area contributed by atoms with Gasteiger partial charge in [-0.1, -0.05) is 42.5 Å². The van der Waals surface area contributed by atoms with Crippen molar-refractivity contribution in [2.24, 2.45) is 0 Å². The molecule has 1 aromatic heterocycles. The number of benzene rings is 2. The summed E-state index contributed by atoms with van der Waals surface area (Å²) in [6, 6.07) is 21.6. The molecule has 0 atom stereocenters. The number of pyridine rings is 1. The third-order valence-corrected chi connectivity index (χ3v) is 5.00. The van der Waals surface area contributed by atoms with Crippen molar-refractivity contribution in [3.05, 3.63) is 90.1 Å². The zero-order valence-electron chi connectivity index (χ0n) is 16.8. The van der Waals surface area contributed by atoms with Gasteiger partial charge in [-0.2, -0.15) is 0 Å². The number of rotatable bonds is 7. The quantitative estimate of drug-likeness (QED) is 0.574. The lowest BCUT2D eigenvalue weighted by atomic mass is 10.2. The van der Waals surface area contributed by atoms with E-state index in [0.717, 1.165) is 35.8 Å². The van der Waals surface area contributed by atoms with Gasteiger partial charge in [0.15, 0.2) is 0 Å². The highest BCUT2D eigenvalue weighted by Gasteiger charge is 2.13. The molecule has 5 nitrogen and oxygen atoms in total. The summed E-state index contributed by atoms with van der Waals surface area (Å²) in [5.74, 6) is 1.58. The molecule has 4 rings (SSSR count). The first-order chi connectivity index (χ1) is 14.8. The van der Waals surface area contributed by atoms with Crippen LogP contribution in [0, 0.1) is 0 Å². The molecule has 1 amide bonds. The van der Waals surface area contributed by atoms with Crippen molar-refractivity contribution in [2.45, 2.75) is 19.4 Å². The molecule has 5 heteroatoms. The van der Waals surface area contributed by atoms with Gasteiger partial charge in [0, 0.05) is 19.2 Å². The number of aromatic nitrogens is 1. The van der Waals surface area contributed by atoms with Crippen LogP contribution >= 0.6 is 0 Å². The zero-order chi connectivity index (χ0) is 20.6. The summed E-state index contributed by atoms with van der Waals surface area (Å²) < 4.78 is 5.78. The SMILES string of the molecule is O=C(/C=C/c1ccc(OCc2ccccc2)cc1)Nc1ccc(N2CCCC2)nc1. The highest BCUT2D eigenvalue weighted by molar-refractivity contribution is 6.01. The third-order valence-electron chi connectivity index (χ3n) is 5.00. The maximum Gasteiger partial charge on any atom is 0.248 e. The van der Waals surface area contributed by atoms with E-state index in [0.29, 0.717) is 12.3 Å². The first-order valence-electron chi connectivity index (χ1n) is 10.2. The number of carbonyl (C=O) groups excluding carboxylic acids is 1. The Bertz CT molecular complexity index is 977. The summed E-state index contributed by atoms with van der Waals surface area (Å²) in [6.07, 6.45) is 7.44. The molecule has 1 fully saturated rings. The number of hydrogen-bond acceptors (Lipinski definition) is 4. The first-order valence-corrected chi connectivity index (χ1v) is 10.2. The average Bonchev–Trinajstić information content (AvgIpc) is 3.33. The Kier molecular flexibility index (Phi) is 6.40. The van der Waals surface area contributed by atoms with Crippen LogP contribution in [0.2, 0.25) is 0 Å². The van der Waals surface area contributed by atoms with E-state index in [2.05, 4.69) is 15.2 Å². The highest BCUT2D eigenvalue weighted by Crippen LogP contribution is 2.19. The summed E-state index contributed by atoms with van der Waals surface area (Å²) in [5, 5.41) is 2.85. The topological polar surface area (TPSA) is 54.5 Å². The number of amides is 1. The smallest absolute Gasteiger partial charge is 0.248 e. The van der Waals surface area contributed by atoms with Crippen molar-refractivity contribution in [1.29, 1.82) is 0 Å². The monoisotopic (exact) mass is 399 g/mol. The molecule has 1 saturated heterocycles. The van der Waals surface area contributed by atoms with Crippen LogP contribution in [0.3, 0.4) is 0 Å². The molecule has 1 N–H and O–H groups in total. The molecule has 0 spiro atoms. The fourth-order valence-corrected chi connectivity index (χ4v) is 3.37. The highest BCUT2D eigenvalue weighted by atomic mass is 16.5. The Balaban J connectivity index is 1.27. The Hall–Kier alpha value is -3.60. The molecule has 0 unspecified atom stereocenters. The molecule has 0 radical (unpaired) electrons.